The van der Waals surface area contributed by atoms with Gasteiger partial charge in [0.05, 0.1) is 6.04 Å². The molecule has 0 radical (unpaired) electrons. The number of hydrogen-bond acceptors (Lipinski definition) is 2. The summed E-state index contributed by atoms with van der Waals surface area (Å²) in [5.74, 6) is 0.0340. The lowest BCUT2D eigenvalue weighted by molar-refractivity contribution is -0.119. The van der Waals surface area contributed by atoms with Crippen LogP contribution in [0.4, 0.5) is 0 Å². The summed E-state index contributed by atoms with van der Waals surface area (Å²) in [5.41, 5.74) is 2.51. The molecule has 1 aromatic rings. The van der Waals surface area contributed by atoms with Crippen molar-refractivity contribution in [1.29, 1.82) is 0 Å². The molecule has 0 bridgehead atoms. The standard InChI is InChI=1S/C11H14N2O/c1-8(14)13-11-4-2-3-9-5-6-12-7-10(9)11/h5-7,11H,2-4H2,1H3,(H,13,14)/t11-/m1/s1. The zero-order valence-corrected chi connectivity index (χ0v) is 8.29. The van der Waals surface area contributed by atoms with Crippen LogP contribution in [0.25, 0.3) is 0 Å². The highest BCUT2D eigenvalue weighted by Gasteiger charge is 2.20. The fourth-order valence-corrected chi connectivity index (χ4v) is 2.02. The number of carbonyl (C=O) groups excluding carboxylic acids is 1. The Kier molecular flexibility index (Phi) is 2.48. The number of hydrogen-bond donors (Lipinski definition) is 1. The van der Waals surface area contributed by atoms with Crippen LogP contribution in [0.1, 0.15) is 36.9 Å². The van der Waals surface area contributed by atoms with Gasteiger partial charge in [0.1, 0.15) is 0 Å². The summed E-state index contributed by atoms with van der Waals surface area (Å²) in [7, 11) is 0. The largest absolute Gasteiger partial charge is 0.349 e. The zero-order chi connectivity index (χ0) is 9.97. The van der Waals surface area contributed by atoms with Gasteiger partial charge in [0.25, 0.3) is 0 Å². The van der Waals surface area contributed by atoms with Crippen LogP contribution in [0.15, 0.2) is 18.5 Å². The van der Waals surface area contributed by atoms with Gasteiger partial charge in [0, 0.05) is 19.3 Å². The fourth-order valence-electron chi connectivity index (χ4n) is 2.02. The highest BCUT2D eigenvalue weighted by atomic mass is 16.1. The number of aromatic nitrogens is 1. The van der Waals surface area contributed by atoms with E-state index in [2.05, 4.69) is 10.3 Å². The minimum absolute atomic E-state index is 0.0340. The van der Waals surface area contributed by atoms with Gasteiger partial charge >= 0.3 is 0 Å². The average Bonchev–Trinajstić information content (AvgIpc) is 2.18. The Balaban J connectivity index is 2.26. The molecule has 0 unspecified atom stereocenters. The SMILES string of the molecule is CC(=O)N[C@@H]1CCCc2ccncc21. The van der Waals surface area contributed by atoms with E-state index in [0.717, 1.165) is 19.3 Å². The summed E-state index contributed by atoms with van der Waals surface area (Å²) >= 11 is 0. The van der Waals surface area contributed by atoms with E-state index in [-0.39, 0.29) is 11.9 Å². The number of rotatable bonds is 1. The third-order valence-electron chi connectivity index (χ3n) is 2.64. The fraction of sp³-hybridized carbons (Fsp3) is 0.455. The molecule has 1 N–H and O–H groups in total. The van der Waals surface area contributed by atoms with E-state index < -0.39 is 0 Å². The lowest BCUT2D eigenvalue weighted by Gasteiger charge is -2.25. The van der Waals surface area contributed by atoms with Gasteiger partial charge < -0.3 is 5.32 Å². The molecule has 3 heteroatoms. The van der Waals surface area contributed by atoms with Crippen LogP contribution in [0.5, 0.6) is 0 Å². The number of carbonyl (C=O) groups is 1. The van der Waals surface area contributed by atoms with Crippen molar-refractivity contribution >= 4 is 5.91 Å². The van der Waals surface area contributed by atoms with Crippen LogP contribution in [-0.4, -0.2) is 10.9 Å². The summed E-state index contributed by atoms with van der Waals surface area (Å²) in [5, 5.41) is 2.96. The van der Waals surface area contributed by atoms with Gasteiger partial charge in [-0.15, -0.1) is 0 Å². The predicted molar refractivity (Wildman–Crippen MR) is 53.7 cm³/mol. The summed E-state index contributed by atoms with van der Waals surface area (Å²) in [6.45, 7) is 1.56. The van der Waals surface area contributed by atoms with E-state index in [1.165, 1.54) is 11.1 Å². The van der Waals surface area contributed by atoms with E-state index >= 15 is 0 Å². The van der Waals surface area contributed by atoms with Crippen LogP contribution in [0.3, 0.4) is 0 Å². The van der Waals surface area contributed by atoms with Crippen molar-refractivity contribution in [2.75, 3.05) is 0 Å². The third-order valence-corrected chi connectivity index (χ3v) is 2.64. The lowest BCUT2D eigenvalue weighted by Crippen LogP contribution is -2.29. The average molecular weight is 190 g/mol. The van der Waals surface area contributed by atoms with Gasteiger partial charge in [-0.1, -0.05) is 0 Å². The highest BCUT2D eigenvalue weighted by Crippen LogP contribution is 2.28. The Morgan fingerprint density at radius 3 is 3.29 bits per heavy atom. The molecule has 74 valence electrons. The first kappa shape index (κ1) is 9.19. The first-order chi connectivity index (χ1) is 6.77. The monoisotopic (exact) mass is 190 g/mol. The van der Waals surface area contributed by atoms with E-state index in [9.17, 15) is 4.79 Å². The predicted octanol–water partition coefficient (Wildman–Crippen LogP) is 1.60. The van der Waals surface area contributed by atoms with Crippen molar-refractivity contribution in [2.45, 2.75) is 32.2 Å². The molecule has 0 saturated heterocycles. The topological polar surface area (TPSA) is 42.0 Å². The van der Waals surface area contributed by atoms with Crippen LogP contribution < -0.4 is 5.32 Å². The van der Waals surface area contributed by atoms with E-state index in [4.69, 9.17) is 0 Å². The Labute approximate surface area is 83.5 Å². The van der Waals surface area contributed by atoms with Crippen molar-refractivity contribution < 1.29 is 4.79 Å². The minimum Gasteiger partial charge on any atom is -0.349 e. The molecule has 0 saturated carbocycles. The molecule has 1 heterocycles. The summed E-state index contributed by atoms with van der Waals surface area (Å²) in [6.07, 6.45) is 6.96. The van der Waals surface area contributed by atoms with Gasteiger partial charge in [-0.2, -0.15) is 0 Å². The number of fused-ring (bicyclic) bond motifs is 1. The molecular formula is C11H14N2O. The molecule has 0 aliphatic heterocycles. The molecule has 1 aromatic heterocycles. The molecule has 0 spiro atoms. The van der Waals surface area contributed by atoms with Gasteiger partial charge in [0.15, 0.2) is 0 Å². The molecule has 0 aromatic carbocycles. The second-order valence-electron chi connectivity index (χ2n) is 3.72. The molecule has 0 fully saturated rings. The summed E-state index contributed by atoms with van der Waals surface area (Å²) in [4.78, 5) is 15.1. The molecule has 1 atom stereocenters. The van der Waals surface area contributed by atoms with Crippen molar-refractivity contribution in [2.24, 2.45) is 0 Å². The van der Waals surface area contributed by atoms with E-state index in [1.54, 1.807) is 6.92 Å². The smallest absolute Gasteiger partial charge is 0.217 e. The maximum atomic E-state index is 11.0. The van der Waals surface area contributed by atoms with Crippen molar-refractivity contribution in [3.05, 3.63) is 29.6 Å². The summed E-state index contributed by atoms with van der Waals surface area (Å²) in [6, 6.07) is 2.22. The zero-order valence-electron chi connectivity index (χ0n) is 8.29. The number of aryl methyl sites for hydroxylation is 1. The number of nitrogens with zero attached hydrogens (tertiary/aromatic N) is 1. The Hall–Kier alpha value is -1.38. The van der Waals surface area contributed by atoms with Crippen LogP contribution >= 0.6 is 0 Å². The third kappa shape index (κ3) is 1.76. The molecule has 3 nitrogen and oxygen atoms in total. The highest BCUT2D eigenvalue weighted by molar-refractivity contribution is 5.73. The maximum Gasteiger partial charge on any atom is 0.217 e. The molecule has 1 amide bonds. The lowest BCUT2D eigenvalue weighted by atomic mass is 9.89. The molecule has 1 aliphatic carbocycles. The molecular weight excluding hydrogens is 176 g/mol. The second-order valence-corrected chi connectivity index (χ2v) is 3.72. The van der Waals surface area contributed by atoms with E-state index in [1.807, 2.05) is 18.5 Å². The first-order valence-electron chi connectivity index (χ1n) is 4.97. The van der Waals surface area contributed by atoms with Crippen molar-refractivity contribution in [3.63, 3.8) is 0 Å². The molecule has 1 aliphatic rings. The van der Waals surface area contributed by atoms with Crippen LogP contribution in [-0.2, 0) is 11.2 Å². The van der Waals surface area contributed by atoms with Gasteiger partial charge in [-0.3, -0.25) is 9.78 Å². The number of nitrogens with one attached hydrogen (secondary N) is 1. The van der Waals surface area contributed by atoms with Crippen molar-refractivity contribution in [3.8, 4) is 0 Å². The summed E-state index contributed by atoms with van der Waals surface area (Å²) < 4.78 is 0. The quantitative estimate of drug-likeness (QED) is 0.730. The van der Waals surface area contributed by atoms with E-state index in [0.29, 0.717) is 0 Å². The Morgan fingerprint density at radius 2 is 2.50 bits per heavy atom. The number of pyridine rings is 1. The maximum absolute atomic E-state index is 11.0. The normalized spacial score (nSPS) is 19.9. The Bertz CT molecular complexity index is 349. The second kappa shape index (κ2) is 3.78. The minimum atomic E-state index is 0.0340. The first-order valence-corrected chi connectivity index (χ1v) is 4.97. The van der Waals surface area contributed by atoms with Gasteiger partial charge in [0.2, 0.25) is 5.91 Å². The van der Waals surface area contributed by atoms with Gasteiger partial charge in [-0.05, 0) is 36.5 Å². The van der Waals surface area contributed by atoms with Crippen LogP contribution in [0, 0.1) is 0 Å². The number of amides is 1. The van der Waals surface area contributed by atoms with Crippen LogP contribution in [0.2, 0.25) is 0 Å². The molecule has 14 heavy (non-hydrogen) atoms. The van der Waals surface area contributed by atoms with Crippen molar-refractivity contribution in [1.82, 2.24) is 10.3 Å². The van der Waals surface area contributed by atoms with Gasteiger partial charge in [-0.25, -0.2) is 0 Å². The molecule has 2 rings (SSSR count). The Morgan fingerprint density at radius 1 is 1.64 bits per heavy atom.